The van der Waals surface area contributed by atoms with Crippen molar-refractivity contribution < 1.29 is 28.6 Å². The third kappa shape index (κ3) is 15.4. The monoisotopic (exact) mass is 623 g/mol. The topological polar surface area (TPSA) is 115 Å². The molecule has 0 bridgehead atoms. The molecule has 1 aliphatic heterocycles. The molecule has 1 saturated heterocycles. The maximum Gasteiger partial charge on any atom is 0.315 e. The molecule has 1 aliphatic carbocycles. The van der Waals surface area contributed by atoms with Crippen molar-refractivity contribution in [3.8, 4) is 0 Å². The molecule has 2 rings (SSSR count). The number of esters is 1. The number of amides is 3. The van der Waals surface area contributed by atoms with Gasteiger partial charge in [0.25, 0.3) is 0 Å². The predicted molar refractivity (Wildman–Crippen MR) is 175 cm³/mol. The molecular formula is C35H65N3O6. The lowest BCUT2D eigenvalue weighted by Crippen LogP contribution is -2.56. The van der Waals surface area contributed by atoms with Crippen LogP contribution in [0.2, 0.25) is 0 Å². The van der Waals surface area contributed by atoms with Gasteiger partial charge in [0.2, 0.25) is 5.91 Å². The number of ether oxygens (including phenoxy) is 3. The second-order valence-electron chi connectivity index (χ2n) is 14.3. The molecule has 0 aromatic carbocycles. The maximum atomic E-state index is 12.8. The van der Waals surface area contributed by atoms with E-state index in [1.54, 1.807) is 13.8 Å². The first-order chi connectivity index (χ1) is 20.9. The molecule has 0 spiro atoms. The minimum atomic E-state index is -0.837. The average molecular weight is 624 g/mol. The number of rotatable bonds is 20. The van der Waals surface area contributed by atoms with Gasteiger partial charge in [-0.25, -0.2) is 4.79 Å². The summed E-state index contributed by atoms with van der Waals surface area (Å²) in [5.74, 6) is -1.47. The number of unbranched alkanes of at least 4 members (excludes halogenated alkanes) is 11. The van der Waals surface area contributed by atoms with Crippen molar-refractivity contribution in [1.82, 2.24) is 16.0 Å². The fourth-order valence-corrected chi connectivity index (χ4v) is 6.13. The lowest BCUT2D eigenvalue weighted by molar-refractivity contribution is -0.304. The molecule has 9 heteroatoms. The summed E-state index contributed by atoms with van der Waals surface area (Å²) in [6, 6.07) is -0.306. The molecule has 0 radical (unpaired) electrons. The Morgan fingerprint density at radius 1 is 0.864 bits per heavy atom. The fourth-order valence-electron chi connectivity index (χ4n) is 6.13. The molecule has 2 fully saturated rings. The molecule has 4 atom stereocenters. The highest BCUT2D eigenvalue weighted by Gasteiger charge is 2.45. The third-order valence-electron chi connectivity index (χ3n) is 8.94. The Hall–Kier alpha value is -1.87. The predicted octanol–water partition coefficient (Wildman–Crippen LogP) is 7.30. The molecule has 1 saturated carbocycles. The standard InChI is InChI=1S/C35H65N3O6/c1-7-8-9-10-11-12-13-14-15-16-17-18-21-27(2)37-33(41)38-28-22-19-20-23-29(28)43-30(39)24-25-36-32(40)31-34(3,4)26-42-35(5,6)44-31/h27-29,31H,7-26H2,1-6H3,(H,36,40)(H2,37,38,41)/t27?,28-,29-,31?/m0/s1. The van der Waals surface area contributed by atoms with Crippen molar-refractivity contribution in [3.05, 3.63) is 0 Å². The van der Waals surface area contributed by atoms with Crippen LogP contribution in [0.25, 0.3) is 0 Å². The van der Waals surface area contributed by atoms with Gasteiger partial charge in [0, 0.05) is 18.0 Å². The first-order valence-electron chi connectivity index (χ1n) is 17.8. The van der Waals surface area contributed by atoms with E-state index in [1.165, 1.54) is 70.6 Å². The highest BCUT2D eigenvalue weighted by atomic mass is 16.7. The van der Waals surface area contributed by atoms with Crippen LogP contribution in [0.1, 0.15) is 157 Å². The van der Waals surface area contributed by atoms with Crippen molar-refractivity contribution >= 4 is 17.9 Å². The second kappa shape index (κ2) is 20.3. The molecule has 2 unspecified atom stereocenters. The average Bonchev–Trinajstić information content (AvgIpc) is 2.96. The number of hydrogen-bond donors (Lipinski definition) is 3. The molecule has 44 heavy (non-hydrogen) atoms. The van der Waals surface area contributed by atoms with Crippen molar-refractivity contribution in [3.63, 3.8) is 0 Å². The maximum absolute atomic E-state index is 12.8. The van der Waals surface area contributed by atoms with Crippen LogP contribution in [-0.4, -0.2) is 61.1 Å². The van der Waals surface area contributed by atoms with Crippen molar-refractivity contribution in [2.75, 3.05) is 13.2 Å². The zero-order chi connectivity index (χ0) is 32.4. The van der Waals surface area contributed by atoms with Gasteiger partial charge in [-0.2, -0.15) is 0 Å². The Balaban J connectivity index is 1.60. The third-order valence-corrected chi connectivity index (χ3v) is 8.94. The molecule has 3 N–H and O–H groups in total. The smallest absolute Gasteiger partial charge is 0.315 e. The van der Waals surface area contributed by atoms with E-state index >= 15 is 0 Å². The number of nitrogens with one attached hydrogen (secondary N) is 3. The van der Waals surface area contributed by atoms with E-state index in [0.29, 0.717) is 6.61 Å². The van der Waals surface area contributed by atoms with Crippen molar-refractivity contribution in [2.45, 2.75) is 187 Å². The zero-order valence-electron chi connectivity index (χ0n) is 28.9. The Bertz CT molecular complexity index is 848. The Kier molecular flexibility index (Phi) is 17.7. The van der Waals surface area contributed by atoms with Crippen LogP contribution >= 0.6 is 0 Å². The molecule has 3 amide bonds. The number of carbonyl (C=O) groups excluding carboxylic acids is 3. The van der Waals surface area contributed by atoms with Gasteiger partial charge in [0.15, 0.2) is 5.79 Å². The molecule has 256 valence electrons. The van der Waals surface area contributed by atoms with Crippen LogP contribution in [0.15, 0.2) is 0 Å². The minimum absolute atomic E-state index is 0.0598. The summed E-state index contributed by atoms with van der Waals surface area (Å²) in [4.78, 5) is 38.2. The van der Waals surface area contributed by atoms with Gasteiger partial charge in [-0.3, -0.25) is 9.59 Å². The zero-order valence-corrected chi connectivity index (χ0v) is 28.9. The van der Waals surface area contributed by atoms with Gasteiger partial charge in [-0.15, -0.1) is 0 Å². The highest BCUT2D eigenvalue weighted by molar-refractivity contribution is 5.82. The van der Waals surface area contributed by atoms with Crippen molar-refractivity contribution in [2.24, 2.45) is 5.41 Å². The lowest BCUT2D eigenvalue weighted by Gasteiger charge is -2.44. The van der Waals surface area contributed by atoms with Gasteiger partial charge in [-0.1, -0.05) is 104 Å². The minimum Gasteiger partial charge on any atom is -0.460 e. The van der Waals surface area contributed by atoms with E-state index in [9.17, 15) is 14.4 Å². The van der Waals surface area contributed by atoms with Crippen LogP contribution in [0, 0.1) is 5.41 Å². The van der Waals surface area contributed by atoms with Crippen LogP contribution < -0.4 is 16.0 Å². The Labute approximate surface area is 268 Å². The summed E-state index contributed by atoms with van der Waals surface area (Å²) < 4.78 is 17.3. The summed E-state index contributed by atoms with van der Waals surface area (Å²) >= 11 is 0. The van der Waals surface area contributed by atoms with Gasteiger partial charge in [0.05, 0.1) is 19.1 Å². The quantitative estimate of drug-likeness (QED) is 0.0968. The number of urea groups is 1. The van der Waals surface area contributed by atoms with Gasteiger partial charge in [-0.05, 0) is 46.5 Å². The first-order valence-corrected chi connectivity index (χ1v) is 17.8. The SMILES string of the molecule is CCCCCCCCCCCCCCC(C)NC(=O)N[C@H]1CCCC[C@@H]1OC(=O)CCNC(=O)C1OC(C)(C)OCC1(C)C. The Morgan fingerprint density at radius 3 is 2.09 bits per heavy atom. The number of carbonyl (C=O) groups is 3. The summed E-state index contributed by atoms with van der Waals surface area (Å²) in [6.45, 7) is 12.3. The van der Waals surface area contributed by atoms with E-state index in [0.717, 1.165) is 38.5 Å². The van der Waals surface area contributed by atoms with Gasteiger partial charge < -0.3 is 30.2 Å². The second-order valence-corrected chi connectivity index (χ2v) is 14.3. The van der Waals surface area contributed by atoms with Crippen LogP contribution in [0.4, 0.5) is 4.79 Å². The normalized spacial score (nSPS) is 23.4. The van der Waals surface area contributed by atoms with E-state index in [4.69, 9.17) is 14.2 Å². The Morgan fingerprint density at radius 2 is 1.45 bits per heavy atom. The van der Waals surface area contributed by atoms with E-state index in [2.05, 4.69) is 29.8 Å². The number of hydrogen-bond acceptors (Lipinski definition) is 6. The van der Waals surface area contributed by atoms with E-state index in [1.807, 2.05) is 13.8 Å². The summed E-state index contributed by atoms with van der Waals surface area (Å²) in [6.07, 6.45) is 19.3. The largest absolute Gasteiger partial charge is 0.460 e. The van der Waals surface area contributed by atoms with Crippen LogP contribution in [-0.2, 0) is 23.8 Å². The summed E-state index contributed by atoms with van der Waals surface area (Å²) in [5.41, 5.74) is -0.480. The molecule has 0 aromatic rings. The fraction of sp³-hybridized carbons (Fsp3) is 0.914. The first kappa shape index (κ1) is 38.3. The van der Waals surface area contributed by atoms with Crippen molar-refractivity contribution in [1.29, 1.82) is 0 Å². The lowest BCUT2D eigenvalue weighted by atomic mass is 9.85. The molecule has 1 heterocycles. The molecule has 2 aliphatic rings. The summed E-state index contributed by atoms with van der Waals surface area (Å²) in [5, 5.41) is 8.95. The van der Waals surface area contributed by atoms with Crippen LogP contribution in [0.3, 0.4) is 0 Å². The van der Waals surface area contributed by atoms with Gasteiger partial charge >= 0.3 is 12.0 Å². The van der Waals surface area contributed by atoms with Gasteiger partial charge in [0.1, 0.15) is 12.2 Å². The van der Waals surface area contributed by atoms with Crippen LogP contribution in [0.5, 0.6) is 0 Å². The molecular weight excluding hydrogens is 558 g/mol. The molecule has 9 nitrogen and oxygen atoms in total. The highest BCUT2D eigenvalue weighted by Crippen LogP contribution is 2.34. The summed E-state index contributed by atoms with van der Waals surface area (Å²) in [7, 11) is 0. The van der Waals surface area contributed by atoms with E-state index in [-0.39, 0.29) is 49.1 Å². The molecule has 0 aromatic heterocycles. The van der Waals surface area contributed by atoms with E-state index < -0.39 is 17.3 Å².